The normalized spacial score (nSPS) is 52.5. The summed E-state index contributed by atoms with van der Waals surface area (Å²) >= 11 is 0. The molecule has 3 nitrogen and oxygen atoms in total. The van der Waals surface area contributed by atoms with Crippen LogP contribution in [-0.4, -0.2) is 24.1 Å². The van der Waals surface area contributed by atoms with Crippen molar-refractivity contribution < 1.29 is 14.1 Å². The molecular weight excluding hydrogens is 382 g/mol. The van der Waals surface area contributed by atoms with Gasteiger partial charge in [0.15, 0.2) is 0 Å². The first-order valence-corrected chi connectivity index (χ1v) is 13.1. The molecule has 0 aromatic carbocycles. The van der Waals surface area contributed by atoms with Crippen molar-refractivity contribution in [2.24, 2.45) is 57.4 Å². The van der Waals surface area contributed by atoms with E-state index in [0.29, 0.717) is 23.2 Å². The lowest BCUT2D eigenvalue weighted by Gasteiger charge is -2.62. The second-order valence-electron chi connectivity index (χ2n) is 12.4. The van der Waals surface area contributed by atoms with Crippen LogP contribution in [0.25, 0.3) is 0 Å². The van der Waals surface area contributed by atoms with E-state index in [1.165, 1.54) is 38.5 Å². The van der Waals surface area contributed by atoms with Crippen LogP contribution >= 0.6 is 0 Å². The van der Waals surface area contributed by atoms with Crippen molar-refractivity contribution in [3.8, 4) is 0 Å². The SMILES string of the molecule is [2H][C@@H]1/C(=N/O)C([2H])([2H])[C@@H]2CC[C@H]3[C@@H]4CC[C@H]([C@H](C)CCCC(C)C)[C@@]4(C)CC[C@@H]3[C@@]2(C)[C@@H]1OC. The molecule has 4 fully saturated rings. The molecule has 1 N–H and O–H groups in total. The molecule has 0 spiro atoms. The third-order valence-electron chi connectivity index (χ3n) is 10.6. The van der Waals surface area contributed by atoms with Gasteiger partial charge in [0.25, 0.3) is 0 Å². The summed E-state index contributed by atoms with van der Waals surface area (Å²) in [4.78, 5) is 0. The Labute approximate surface area is 196 Å². The van der Waals surface area contributed by atoms with E-state index in [0.717, 1.165) is 37.0 Å². The van der Waals surface area contributed by atoms with E-state index >= 15 is 0 Å². The fourth-order valence-electron chi connectivity index (χ4n) is 8.99. The Kier molecular flexibility index (Phi) is 5.76. The zero-order valence-corrected chi connectivity index (χ0v) is 20.9. The van der Waals surface area contributed by atoms with Crippen molar-refractivity contribution >= 4 is 5.71 Å². The van der Waals surface area contributed by atoms with Gasteiger partial charge in [0.05, 0.1) is 11.8 Å². The van der Waals surface area contributed by atoms with E-state index in [1.807, 2.05) is 0 Å². The summed E-state index contributed by atoms with van der Waals surface area (Å²) in [6.45, 7) is 11.9. The van der Waals surface area contributed by atoms with Gasteiger partial charge in [0, 0.05) is 23.0 Å². The van der Waals surface area contributed by atoms with Crippen LogP contribution in [0.15, 0.2) is 5.16 Å². The van der Waals surface area contributed by atoms with Crippen LogP contribution in [0.3, 0.4) is 0 Å². The Balaban J connectivity index is 1.60. The van der Waals surface area contributed by atoms with E-state index in [4.69, 9.17) is 8.85 Å². The van der Waals surface area contributed by atoms with Crippen molar-refractivity contribution in [2.45, 2.75) is 111 Å². The van der Waals surface area contributed by atoms with Crippen LogP contribution in [0.1, 0.15) is 109 Å². The Hall–Kier alpha value is -0.570. The van der Waals surface area contributed by atoms with Gasteiger partial charge in [-0.1, -0.05) is 59.0 Å². The molecule has 0 amide bonds. The van der Waals surface area contributed by atoms with Gasteiger partial charge in [-0.05, 0) is 91.7 Å². The van der Waals surface area contributed by atoms with Gasteiger partial charge < -0.3 is 9.94 Å². The summed E-state index contributed by atoms with van der Waals surface area (Å²) in [7, 11) is 1.66. The maximum Gasteiger partial charge on any atom is 0.0683 e. The van der Waals surface area contributed by atoms with Gasteiger partial charge in [-0.2, -0.15) is 0 Å². The highest BCUT2D eigenvalue weighted by Crippen LogP contribution is 2.68. The first-order valence-electron chi connectivity index (χ1n) is 14.7. The molecule has 0 aliphatic heterocycles. The summed E-state index contributed by atoms with van der Waals surface area (Å²) in [6.07, 6.45) is 7.65. The number of nitrogens with zero attached hydrogens (tertiary/aromatic N) is 1. The van der Waals surface area contributed by atoms with E-state index in [9.17, 15) is 5.21 Å². The average molecular weight is 435 g/mol. The van der Waals surface area contributed by atoms with Gasteiger partial charge in [0.2, 0.25) is 0 Å². The summed E-state index contributed by atoms with van der Waals surface area (Å²) in [5.74, 6) is 3.73. The summed E-state index contributed by atoms with van der Waals surface area (Å²) in [6, 6.07) is 0. The molecule has 0 aromatic rings. The van der Waals surface area contributed by atoms with Crippen LogP contribution in [0.4, 0.5) is 0 Å². The van der Waals surface area contributed by atoms with Crippen LogP contribution in [0.5, 0.6) is 0 Å². The molecule has 0 aromatic heterocycles. The molecule has 178 valence electrons. The van der Waals surface area contributed by atoms with Crippen molar-refractivity contribution in [3.05, 3.63) is 0 Å². The summed E-state index contributed by atoms with van der Waals surface area (Å²) in [5.41, 5.74) is -0.0721. The predicted octanol–water partition coefficient (Wildman–Crippen LogP) is 7.56. The van der Waals surface area contributed by atoms with Gasteiger partial charge in [-0.15, -0.1) is 0 Å². The highest BCUT2D eigenvalue weighted by molar-refractivity contribution is 5.85. The van der Waals surface area contributed by atoms with E-state index in [2.05, 4.69) is 39.8 Å². The molecule has 10 atom stereocenters. The first kappa shape index (κ1) is 19.9. The summed E-state index contributed by atoms with van der Waals surface area (Å²) < 4.78 is 32.6. The minimum atomic E-state index is -1.76. The number of ether oxygens (including phenoxy) is 1. The molecule has 4 aliphatic carbocycles. The molecule has 0 heterocycles. The molecule has 0 saturated heterocycles. The van der Waals surface area contributed by atoms with E-state index in [-0.39, 0.29) is 11.6 Å². The number of hydrogen-bond donors (Lipinski definition) is 1. The Bertz CT molecular complexity index is 773. The fourth-order valence-corrected chi connectivity index (χ4v) is 8.99. The largest absolute Gasteiger partial charge is 0.411 e. The molecule has 0 unspecified atom stereocenters. The second kappa shape index (κ2) is 8.99. The lowest BCUT2D eigenvalue weighted by molar-refractivity contribution is -0.159. The quantitative estimate of drug-likeness (QED) is 0.346. The number of methoxy groups -OCH3 is 1. The average Bonchev–Trinajstić information content (AvgIpc) is 3.11. The maximum absolute atomic E-state index is 9.62. The number of hydrogen-bond acceptors (Lipinski definition) is 3. The highest BCUT2D eigenvalue weighted by atomic mass is 16.5. The minimum Gasteiger partial charge on any atom is -0.411 e. The molecule has 4 saturated carbocycles. The van der Waals surface area contributed by atoms with Crippen LogP contribution in [0, 0.1) is 52.3 Å². The van der Waals surface area contributed by atoms with Crippen molar-refractivity contribution in [1.82, 2.24) is 0 Å². The van der Waals surface area contributed by atoms with E-state index in [1.54, 1.807) is 7.11 Å². The third-order valence-corrected chi connectivity index (χ3v) is 10.6. The maximum atomic E-state index is 9.62. The standard InChI is InChI=1S/C28H49NO2/c1-18(2)8-7-9-19(3)23-12-13-24-22-11-10-20-16-21(29-30)17-26(31-6)28(20,5)25(22)14-15-27(23,24)4/h18-20,22-26,30H,7-17H2,1-6H3/b29-21+/t19-,20+,22+,23-,24+,25+,26-,27-,28+/m1/s1/i16D2,17D/t17-,19-,20+,22+,23-,24+,25+,26-,27-,28+. The van der Waals surface area contributed by atoms with Crippen molar-refractivity contribution in [3.63, 3.8) is 0 Å². The Morgan fingerprint density at radius 2 is 1.87 bits per heavy atom. The molecule has 31 heavy (non-hydrogen) atoms. The molecule has 4 aliphatic rings. The minimum absolute atomic E-state index is 0.0444. The Morgan fingerprint density at radius 1 is 1.10 bits per heavy atom. The third kappa shape index (κ3) is 3.89. The summed E-state index contributed by atoms with van der Waals surface area (Å²) in [5, 5.41) is 12.9. The molecule has 3 heteroatoms. The van der Waals surface area contributed by atoms with Gasteiger partial charge in [-0.25, -0.2) is 0 Å². The molecule has 4 rings (SSSR count). The molecule has 0 bridgehead atoms. The smallest absolute Gasteiger partial charge is 0.0683 e. The lowest BCUT2D eigenvalue weighted by atomic mass is 9.43. The zero-order valence-electron chi connectivity index (χ0n) is 23.9. The van der Waals surface area contributed by atoms with Crippen molar-refractivity contribution in [1.29, 1.82) is 0 Å². The fraction of sp³-hybridized carbons (Fsp3) is 0.964. The predicted molar refractivity (Wildman–Crippen MR) is 128 cm³/mol. The topological polar surface area (TPSA) is 41.8 Å². The van der Waals surface area contributed by atoms with E-state index < -0.39 is 24.3 Å². The zero-order chi connectivity index (χ0) is 25.1. The van der Waals surface area contributed by atoms with Crippen LogP contribution < -0.4 is 0 Å². The lowest BCUT2D eigenvalue weighted by Crippen LogP contribution is -2.59. The van der Waals surface area contributed by atoms with Gasteiger partial charge >= 0.3 is 0 Å². The monoisotopic (exact) mass is 434 g/mol. The van der Waals surface area contributed by atoms with Crippen LogP contribution in [0.2, 0.25) is 0 Å². The number of fused-ring (bicyclic) bond motifs is 5. The number of rotatable bonds is 6. The van der Waals surface area contributed by atoms with Gasteiger partial charge in [-0.3, -0.25) is 0 Å². The van der Waals surface area contributed by atoms with Crippen molar-refractivity contribution in [2.75, 3.05) is 7.11 Å². The van der Waals surface area contributed by atoms with Crippen LogP contribution in [-0.2, 0) is 4.74 Å². The number of oxime groups is 1. The van der Waals surface area contributed by atoms with Gasteiger partial charge in [0.1, 0.15) is 0 Å². The Morgan fingerprint density at radius 3 is 2.55 bits per heavy atom. The molecular formula is C28H49NO2. The molecule has 0 radical (unpaired) electrons. The second-order valence-corrected chi connectivity index (χ2v) is 12.4. The highest BCUT2D eigenvalue weighted by Gasteiger charge is 2.62. The first-order chi connectivity index (χ1) is 15.9.